The van der Waals surface area contributed by atoms with Crippen molar-refractivity contribution in [3.05, 3.63) is 0 Å². The Morgan fingerprint density at radius 2 is 1.89 bits per heavy atom. The Labute approximate surface area is 159 Å². The number of nitrogens with zero attached hydrogens (tertiary/aromatic N) is 3. The lowest BCUT2D eigenvalue weighted by Gasteiger charge is -2.40. The molecular formula is C18H30FN3O5. The number of carboxylic acids is 1. The van der Waals surface area contributed by atoms with Gasteiger partial charge in [0.05, 0.1) is 5.92 Å². The monoisotopic (exact) mass is 387 g/mol. The molecule has 2 rings (SSSR count). The van der Waals surface area contributed by atoms with Gasteiger partial charge in [-0.3, -0.25) is 14.6 Å². The van der Waals surface area contributed by atoms with Gasteiger partial charge in [-0.05, 0) is 33.6 Å². The molecule has 0 saturated carbocycles. The van der Waals surface area contributed by atoms with Gasteiger partial charge in [0.1, 0.15) is 17.8 Å². The number of hydrogen-bond acceptors (Lipinski definition) is 5. The molecule has 2 saturated heterocycles. The second kappa shape index (κ2) is 8.41. The van der Waals surface area contributed by atoms with E-state index in [4.69, 9.17) is 4.74 Å². The van der Waals surface area contributed by atoms with Crippen LogP contribution in [0.15, 0.2) is 0 Å². The Bertz CT molecular complexity index is 574. The van der Waals surface area contributed by atoms with Gasteiger partial charge in [0, 0.05) is 39.8 Å². The maximum absolute atomic E-state index is 12.9. The van der Waals surface area contributed by atoms with Crippen LogP contribution in [0.3, 0.4) is 0 Å². The molecule has 2 heterocycles. The molecule has 27 heavy (non-hydrogen) atoms. The minimum absolute atomic E-state index is 0.241. The second-order valence-corrected chi connectivity index (χ2v) is 8.32. The molecule has 154 valence electrons. The van der Waals surface area contributed by atoms with Crippen molar-refractivity contribution in [2.45, 2.75) is 51.4 Å². The zero-order valence-electron chi connectivity index (χ0n) is 16.5. The molecule has 1 N–H and O–H groups in total. The number of rotatable bonds is 5. The Kier molecular flexibility index (Phi) is 6.67. The average molecular weight is 387 g/mol. The number of piperidine rings is 1. The predicted molar refractivity (Wildman–Crippen MR) is 96.1 cm³/mol. The molecular weight excluding hydrogens is 357 g/mol. The molecule has 0 bridgehead atoms. The van der Waals surface area contributed by atoms with E-state index in [2.05, 4.69) is 0 Å². The molecule has 8 nitrogen and oxygen atoms in total. The first-order chi connectivity index (χ1) is 12.5. The highest BCUT2D eigenvalue weighted by molar-refractivity contribution is 5.89. The lowest BCUT2D eigenvalue weighted by molar-refractivity contribution is -0.154. The molecule has 2 amide bonds. The van der Waals surface area contributed by atoms with E-state index in [0.717, 1.165) is 4.90 Å². The Morgan fingerprint density at radius 1 is 1.26 bits per heavy atom. The van der Waals surface area contributed by atoms with Crippen molar-refractivity contribution in [2.75, 3.05) is 39.8 Å². The van der Waals surface area contributed by atoms with Crippen LogP contribution in [0.4, 0.5) is 9.18 Å². The summed E-state index contributed by atoms with van der Waals surface area (Å²) in [5, 5.41) is 9.68. The van der Waals surface area contributed by atoms with Crippen LogP contribution in [0.5, 0.6) is 0 Å². The summed E-state index contributed by atoms with van der Waals surface area (Å²) in [7, 11) is 1.61. The Morgan fingerprint density at radius 3 is 2.41 bits per heavy atom. The molecule has 2 fully saturated rings. The number of hydrogen-bond donors (Lipinski definition) is 1. The van der Waals surface area contributed by atoms with E-state index in [1.165, 1.54) is 4.90 Å². The predicted octanol–water partition coefficient (Wildman–Crippen LogP) is 1.20. The fourth-order valence-electron chi connectivity index (χ4n) is 3.46. The van der Waals surface area contributed by atoms with Crippen LogP contribution in [-0.2, 0) is 14.3 Å². The van der Waals surface area contributed by atoms with Crippen molar-refractivity contribution in [1.29, 1.82) is 0 Å². The van der Waals surface area contributed by atoms with E-state index in [0.29, 0.717) is 39.0 Å². The Hall–Kier alpha value is -1.90. The Balaban J connectivity index is 2.03. The SMILES string of the molecule is CN(CCN1CC(F)C1)C(=O)C1CCCN(C(=O)OC(C)(C)C)C1C(=O)O. The van der Waals surface area contributed by atoms with Gasteiger partial charge in [0.15, 0.2) is 0 Å². The summed E-state index contributed by atoms with van der Waals surface area (Å²) in [5.41, 5.74) is -0.751. The van der Waals surface area contributed by atoms with E-state index >= 15 is 0 Å². The molecule has 2 atom stereocenters. The largest absolute Gasteiger partial charge is 0.480 e. The highest BCUT2D eigenvalue weighted by Crippen LogP contribution is 2.27. The number of alkyl halides is 1. The summed E-state index contributed by atoms with van der Waals surface area (Å²) in [4.78, 5) is 41.7. The smallest absolute Gasteiger partial charge is 0.411 e. The maximum Gasteiger partial charge on any atom is 0.411 e. The van der Waals surface area contributed by atoms with Crippen molar-refractivity contribution in [3.8, 4) is 0 Å². The van der Waals surface area contributed by atoms with Crippen LogP contribution < -0.4 is 0 Å². The zero-order valence-corrected chi connectivity index (χ0v) is 16.5. The number of carbonyl (C=O) groups excluding carboxylic acids is 2. The van der Waals surface area contributed by atoms with Crippen LogP contribution in [-0.4, -0.2) is 95.4 Å². The van der Waals surface area contributed by atoms with Crippen LogP contribution in [0, 0.1) is 5.92 Å². The van der Waals surface area contributed by atoms with Crippen LogP contribution in [0.1, 0.15) is 33.6 Å². The average Bonchev–Trinajstić information content (AvgIpc) is 2.54. The highest BCUT2D eigenvalue weighted by atomic mass is 19.1. The first kappa shape index (κ1) is 21.4. The summed E-state index contributed by atoms with van der Waals surface area (Å²) in [6.45, 7) is 7.04. The topological polar surface area (TPSA) is 90.4 Å². The third-order valence-electron chi connectivity index (χ3n) is 4.87. The van der Waals surface area contributed by atoms with Gasteiger partial charge in [0.25, 0.3) is 0 Å². The molecule has 0 spiro atoms. The fourth-order valence-corrected chi connectivity index (χ4v) is 3.46. The van der Waals surface area contributed by atoms with Gasteiger partial charge in [-0.25, -0.2) is 14.0 Å². The highest BCUT2D eigenvalue weighted by Gasteiger charge is 2.45. The minimum Gasteiger partial charge on any atom is -0.480 e. The standard InChI is InChI=1S/C18H30FN3O5/c1-18(2,3)27-17(26)22-7-5-6-13(14(22)16(24)25)15(23)20(4)8-9-21-10-12(19)11-21/h12-14H,5-11H2,1-4H3,(H,24,25). The molecule has 0 aliphatic carbocycles. The van der Waals surface area contributed by atoms with Gasteiger partial charge in [-0.2, -0.15) is 0 Å². The summed E-state index contributed by atoms with van der Waals surface area (Å²) in [6.07, 6.45) is -0.591. The molecule has 9 heteroatoms. The quantitative estimate of drug-likeness (QED) is 0.762. The molecule has 0 aromatic rings. The first-order valence-electron chi connectivity index (χ1n) is 9.33. The third-order valence-corrected chi connectivity index (χ3v) is 4.87. The minimum atomic E-state index is -1.25. The number of likely N-dealkylation sites (tertiary alicyclic amines) is 2. The van der Waals surface area contributed by atoms with Gasteiger partial charge in [-0.1, -0.05) is 0 Å². The zero-order chi connectivity index (χ0) is 20.4. The summed E-state index contributed by atoms with van der Waals surface area (Å²) < 4.78 is 18.2. The van der Waals surface area contributed by atoms with Crippen LogP contribution in [0.25, 0.3) is 0 Å². The number of carboxylic acid groups (broad SMARTS) is 1. The van der Waals surface area contributed by atoms with E-state index in [-0.39, 0.29) is 12.5 Å². The van der Waals surface area contributed by atoms with Crippen LogP contribution >= 0.6 is 0 Å². The van der Waals surface area contributed by atoms with E-state index in [1.54, 1.807) is 27.8 Å². The van der Waals surface area contributed by atoms with Crippen molar-refractivity contribution in [3.63, 3.8) is 0 Å². The second-order valence-electron chi connectivity index (χ2n) is 8.32. The van der Waals surface area contributed by atoms with E-state index in [9.17, 15) is 23.9 Å². The van der Waals surface area contributed by atoms with Gasteiger partial charge >= 0.3 is 12.1 Å². The number of carbonyl (C=O) groups is 3. The van der Waals surface area contributed by atoms with Crippen LogP contribution in [0.2, 0.25) is 0 Å². The fraction of sp³-hybridized carbons (Fsp3) is 0.833. The molecule has 2 unspecified atom stereocenters. The molecule has 0 aromatic carbocycles. The third kappa shape index (κ3) is 5.54. The number of halogens is 1. The molecule has 2 aliphatic rings. The van der Waals surface area contributed by atoms with E-state index < -0.39 is 35.8 Å². The van der Waals surface area contributed by atoms with Gasteiger partial charge in [-0.15, -0.1) is 0 Å². The number of likely N-dealkylation sites (N-methyl/N-ethyl adjacent to an activating group) is 1. The maximum atomic E-state index is 12.9. The lowest BCUT2D eigenvalue weighted by atomic mass is 9.88. The number of amides is 2. The molecule has 2 aliphatic heterocycles. The van der Waals surface area contributed by atoms with E-state index in [1.807, 2.05) is 4.90 Å². The van der Waals surface area contributed by atoms with Gasteiger partial charge < -0.3 is 14.7 Å². The molecule has 0 aromatic heterocycles. The number of aliphatic carboxylic acids is 1. The van der Waals surface area contributed by atoms with Crippen molar-refractivity contribution in [1.82, 2.24) is 14.7 Å². The number of ether oxygens (including phenoxy) is 1. The summed E-state index contributed by atoms with van der Waals surface area (Å²) >= 11 is 0. The van der Waals surface area contributed by atoms with Crippen molar-refractivity contribution < 1.29 is 28.6 Å². The normalized spacial score (nSPS) is 24.3. The first-order valence-corrected chi connectivity index (χ1v) is 9.33. The summed E-state index contributed by atoms with van der Waals surface area (Å²) in [5.74, 6) is -2.35. The van der Waals surface area contributed by atoms with Gasteiger partial charge in [0.2, 0.25) is 5.91 Å². The van der Waals surface area contributed by atoms with Crippen molar-refractivity contribution >= 4 is 18.0 Å². The molecule has 0 radical (unpaired) electrons. The van der Waals surface area contributed by atoms with Crippen molar-refractivity contribution in [2.24, 2.45) is 5.92 Å². The summed E-state index contributed by atoms with van der Waals surface area (Å²) in [6, 6.07) is -1.25. The lowest BCUT2D eigenvalue weighted by Crippen LogP contribution is -2.58.